The number of Topliss-reactive ketones (excluding diaryl/α,β-unsaturated/α-hetero) is 2. The summed E-state index contributed by atoms with van der Waals surface area (Å²) in [6.45, 7) is 9.58. The Balaban J connectivity index is 2.54. The number of aryl methyl sites for hydroxylation is 1. The third kappa shape index (κ3) is 2.82. The molecule has 2 rings (SSSR count). The monoisotopic (exact) mass is 283 g/mol. The summed E-state index contributed by atoms with van der Waals surface area (Å²) in [7, 11) is 0. The SMILES string of the molecule is CC(=O)c1c(C(C)=O)c(C)n(Cc2ccc(C)cc2)c1C. The molecular weight excluding hydrogens is 262 g/mol. The largest absolute Gasteiger partial charge is 0.343 e. The van der Waals surface area contributed by atoms with Crippen LogP contribution in [0, 0.1) is 20.8 Å². The van der Waals surface area contributed by atoms with Crippen LogP contribution in [0.25, 0.3) is 0 Å². The van der Waals surface area contributed by atoms with Crippen LogP contribution >= 0.6 is 0 Å². The summed E-state index contributed by atoms with van der Waals surface area (Å²) < 4.78 is 2.05. The standard InChI is InChI=1S/C18H21NO2/c1-11-6-8-16(9-7-11)10-19-12(2)17(14(4)20)18(13(19)3)15(5)21/h6-9H,10H2,1-5H3. The fraction of sp³-hybridized carbons (Fsp3) is 0.333. The van der Waals surface area contributed by atoms with Gasteiger partial charge in [-0.2, -0.15) is 0 Å². The summed E-state index contributed by atoms with van der Waals surface area (Å²) in [5.41, 5.74) is 5.23. The van der Waals surface area contributed by atoms with Gasteiger partial charge < -0.3 is 4.57 Å². The molecule has 21 heavy (non-hydrogen) atoms. The van der Waals surface area contributed by atoms with Crippen LogP contribution in [0.5, 0.6) is 0 Å². The summed E-state index contributed by atoms with van der Waals surface area (Å²) in [6, 6.07) is 8.30. The van der Waals surface area contributed by atoms with Gasteiger partial charge in [0, 0.05) is 29.1 Å². The lowest BCUT2D eigenvalue weighted by atomic mass is 10.0. The van der Waals surface area contributed by atoms with Gasteiger partial charge in [-0.1, -0.05) is 29.8 Å². The molecule has 1 aromatic carbocycles. The quantitative estimate of drug-likeness (QED) is 0.799. The fourth-order valence-electron chi connectivity index (χ4n) is 2.86. The van der Waals surface area contributed by atoms with Gasteiger partial charge in [-0.15, -0.1) is 0 Å². The molecule has 0 saturated carbocycles. The molecule has 0 radical (unpaired) electrons. The number of hydrogen-bond donors (Lipinski definition) is 0. The first kappa shape index (κ1) is 15.2. The number of hydrogen-bond acceptors (Lipinski definition) is 2. The topological polar surface area (TPSA) is 39.1 Å². The normalized spacial score (nSPS) is 10.7. The number of ketones is 2. The van der Waals surface area contributed by atoms with Crippen molar-refractivity contribution in [1.82, 2.24) is 4.57 Å². The zero-order valence-electron chi connectivity index (χ0n) is 13.3. The van der Waals surface area contributed by atoms with E-state index in [4.69, 9.17) is 0 Å². The van der Waals surface area contributed by atoms with E-state index in [-0.39, 0.29) is 11.6 Å². The van der Waals surface area contributed by atoms with Crippen molar-refractivity contribution in [2.24, 2.45) is 0 Å². The molecule has 3 heteroatoms. The second kappa shape index (κ2) is 5.68. The fourth-order valence-corrected chi connectivity index (χ4v) is 2.86. The minimum absolute atomic E-state index is 0.0524. The van der Waals surface area contributed by atoms with Gasteiger partial charge in [0.25, 0.3) is 0 Å². The van der Waals surface area contributed by atoms with Gasteiger partial charge >= 0.3 is 0 Å². The Hall–Kier alpha value is -2.16. The third-order valence-electron chi connectivity index (χ3n) is 3.95. The van der Waals surface area contributed by atoms with Gasteiger partial charge in [-0.3, -0.25) is 9.59 Å². The van der Waals surface area contributed by atoms with E-state index in [2.05, 4.69) is 35.8 Å². The van der Waals surface area contributed by atoms with Crippen LogP contribution < -0.4 is 0 Å². The van der Waals surface area contributed by atoms with E-state index in [9.17, 15) is 9.59 Å². The summed E-state index contributed by atoms with van der Waals surface area (Å²) in [4.78, 5) is 23.8. The second-order valence-corrected chi connectivity index (χ2v) is 5.60. The molecule has 0 unspecified atom stereocenters. The van der Waals surface area contributed by atoms with Crippen LogP contribution in [-0.2, 0) is 6.54 Å². The first-order valence-corrected chi connectivity index (χ1v) is 7.10. The van der Waals surface area contributed by atoms with E-state index < -0.39 is 0 Å². The first-order valence-electron chi connectivity index (χ1n) is 7.10. The van der Waals surface area contributed by atoms with E-state index in [1.807, 2.05) is 13.8 Å². The maximum absolute atomic E-state index is 11.9. The molecule has 1 heterocycles. The molecule has 3 nitrogen and oxygen atoms in total. The first-order chi connectivity index (χ1) is 9.82. The molecule has 0 aliphatic heterocycles. The minimum atomic E-state index is -0.0524. The summed E-state index contributed by atoms with van der Waals surface area (Å²) in [6.07, 6.45) is 0. The van der Waals surface area contributed by atoms with Crippen LogP contribution in [0.1, 0.15) is 57.1 Å². The zero-order chi connectivity index (χ0) is 15.7. The van der Waals surface area contributed by atoms with Crippen LogP contribution in [0.4, 0.5) is 0 Å². The highest BCUT2D eigenvalue weighted by Gasteiger charge is 2.23. The van der Waals surface area contributed by atoms with Gasteiger partial charge in [-0.05, 0) is 40.2 Å². The van der Waals surface area contributed by atoms with E-state index in [1.165, 1.54) is 19.4 Å². The molecule has 110 valence electrons. The average molecular weight is 283 g/mol. The van der Waals surface area contributed by atoms with E-state index in [0.717, 1.165) is 17.0 Å². The molecule has 0 spiro atoms. The Morgan fingerprint density at radius 2 is 1.29 bits per heavy atom. The number of carbonyl (C=O) groups is 2. The Kier molecular flexibility index (Phi) is 4.12. The van der Waals surface area contributed by atoms with Crippen molar-refractivity contribution in [3.8, 4) is 0 Å². The zero-order valence-corrected chi connectivity index (χ0v) is 13.3. The van der Waals surface area contributed by atoms with Crippen molar-refractivity contribution in [3.05, 3.63) is 57.9 Å². The van der Waals surface area contributed by atoms with Gasteiger partial charge in [0.15, 0.2) is 11.6 Å². The van der Waals surface area contributed by atoms with Crippen molar-refractivity contribution in [2.75, 3.05) is 0 Å². The Bertz CT molecular complexity index is 668. The van der Waals surface area contributed by atoms with Crippen molar-refractivity contribution >= 4 is 11.6 Å². The summed E-state index contributed by atoms with van der Waals surface area (Å²) >= 11 is 0. The molecule has 0 atom stereocenters. The number of carbonyl (C=O) groups excluding carboxylic acids is 2. The maximum Gasteiger partial charge on any atom is 0.162 e. The average Bonchev–Trinajstić information content (AvgIpc) is 2.65. The Morgan fingerprint density at radius 1 is 0.857 bits per heavy atom. The van der Waals surface area contributed by atoms with E-state index in [1.54, 1.807) is 0 Å². The minimum Gasteiger partial charge on any atom is -0.343 e. The van der Waals surface area contributed by atoms with Gasteiger partial charge in [0.05, 0.1) is 0 Å². The molecule has 0 fully saturated rings. The van der Waals surface area contributed by atoms with Crippen LogP contribution in [0.15, 0.2) is 24.3 Å². The molecule has 0 saturated heterocycles. The van der Waals surface area contributed by atoms with Crippen molar-refractivity contribution in [1.29, 1.82) is 0 Å². The molecule has 2 aromatic rings. The predicted molar refractivity (Wildman–Crippen MR) is 84.2 cm³/mol. The molecule has 0 aliphatic rings. The number of benzene rings is 1. The summed E-state index contributed by atoms with van der Waals surface area (Å²) in [5, 5.41) is 0. The Labute approximate surface area is 125 Å². The number of rotatable bonds is 4. The lowest BCUT2D eigenvalue weighted by Gasteiger charge is -2.10. The van der Waals surface area contributed by atoms with Crippen LogP contribution in [0.3, 0.4) is 0 Å². The van der Waals surface area contributed by atoms with Crippen LogP contribution in [-0.4, -0.2) is 16.1 Å². The maximum atomic E-state index is 11.9. The van der Waals surface area contributed by atoms with Crippen molar-refractivity contribution in [3.63, 3.8) is 0 Å². The molecule has 0 bridgehead atoms. The molecule has 0 amide bonds. The molecule has 1 aromatic heterocycles. The number of nitrogens with zero attached hydrogens (tertiary/aromatic N) is 1. The van der Waals surface area contributed by atoms with Gasteiger partial charge in [0.2, 0.25) is 0 Å². The third-order valence-corrected chi connectivity index (χ3v) is 3.95. The van der Waals surface area contributed by atoms with Crippen LogP contribution in [0.2, 0.25) is 0 Å². The highest BCUT2D eigenvalue weighted by molar-refractivity contribution is 6.09. The molecule has 0 aliphatic carbocycles. The second-order valence-electron chi connectivity index (χ2n) is 5.60. The van der Waals surface area contributed by atoms with E-state index >= 15 is 0 Å². The highest BCUT2D eigenvalue weighted by atomic mass is 16.1. The Morgan fingerprint density at radius 3 is 1.67 bits per heavy atom. The number of aromatic nitrogens is 1. The van der Waals surface area contributed by atoms with Crippen molar-refractivity contribution < 1.29 is 9.59 Å². The van der Waals surface area contributed by atoms with Gasteiger partial charge in [0.1, 0.15) is 0 Å². The molecule has 0 N–H and O–H groups in total. The highest BCUT2D eigenvalue weighted by Crippen LogP contribution is 2.24. The predicted octanol–water partition coefficient (Wildman–Crippen LogP) is 3.87. The molecular formula is C18H21NO2. The lowest BCUT2D eigenvalue weighted by molar-refractivity contribution is 0.0981. The van der Waals surface area contributed by atoms with E-state index in [0.29, 0.717) is 17.7 Å². The lowest BCUT2D eigenvalue weighted by Crippen LogP contribution is -2.05. The smallest absolute Gasteiger partial charge is 0.162 e. The van der Waals surface area contributed by atoms with Crippen molar-refractivity contribution in [2.45, 2.75) is 41.2 Å². The summed E-state index contributed by atoms with van der Waals surface area (Å²) in [5.74, 6) is -0.105. The van der Waals surface area contributed by atoms with Gasteiger partial charge in [-0.25, -0.2) is 0 Å².